The predicted molar refractivity (Wildman–Crippen MR) is 12.2 cm³/mol. The van der Waals surface area contributed by atoms with Gasteiger partial charge in [0.1, 0.15) is 0 Å². The van der Waals surface area contributed by atoms with Crippen LogP contribution < -0.4 is 0 Å². The molecule has 0 aromatic heterocycles. The normalized spacial score (nSPS) is 1.00. The molecule has 0 atom stereocenters. The molecule has 0 amide bonds. The molecule has 0 saturated carbocycles. The van der Waals surface area contributed by atoms with Crippen LogP contribution in [0.4, 0.5) is 0 Å². The first-order valence-electron chi connectivity index (χ1n) is 0.204. The van der Waals surface area contributed by atoms with Crippen LogP contribution in [0.15, 0.2) is 0 Å². The Labute approximate surface area is 60.7 Å². The molecule has 4 heavy (non-hydrogen) atoms. The van der Waals surface area contributed by atoms with Crippen LogP contribution in [0.5, 0.6) is 0 Å². The summed E-state index contributed by atoms with van der Waals surface area (Å²) in [6, 6.07) is 0. The molecule has 0 aliphatic carbocycles. The molecular formula is CoLiOSn. The Morgan fingerprint density at radius 3 is 1.25 bits per heavy atom. The van der Waals surface area contributed by atoms with Gasteiger partial charge in [-0.05, 0) is 0 Å². The summed E-state index contributed by atoms with van der Waals surface area (Å²) in [5.41, 5.74) is 0. The fourth-order valence-electron chi connectivity index (χ4n) is 0. The van der Waals surface area contributed by atoms with E-state index in [2.05, 4.69) is 0 Å². The average Bonchev–Trinajstić information content (AvgIpc) is 1.00. The molecular weight excluding hydrogens is 201 g/mol. The van der Waals surface area contributed by atoms with Crippen molar-refractivity contribution in [2.24, 2.45) is 0 Å². The molecule has 0 heterocycles. The third-order valence-electron chi connectivity index (χ3n) is 0. The van der Waals surface area contributed by atoms with Gasteiger partial charge in [-0.1, -0.05) is 0 Å². The topological polar surface area (TPSA) is 17.1 Å². The van der Waals surface area contributed by atoms with Crippen LogP contribution in [-0.2, 0) is 19.9 Å². The van der Waals surface area contributed by atoms with E-state index in [0.717, 1.165) is 0 Å². The van der Waals surface area contributed by atoms with Crippen molar-refractivity contribution >= 4 is 41.4 Å². The molecule has 0 fully saturated rings. The third-order valence-corrected chi connectivity index (χ3v) is 0. The van der Waals surface area contributed by atoms with Gasteiger partial charge in [-0.2, -0.15) is 0 Å². The molecule has 4 heteroatoms. The van der Waals surface area contributed by atoms with E-state index in [1.807, 2.05) is 0 Å². The van der Waals surface area contributed by atoms with E-state index >= 15 is 0 Å². The van der Waals surface area contributed by atoms with Crippen LogP contribution in [0.3, 0.4) is 0 Å². The summed E-state index contributed by atoms with van der Waals surface area (Å²) < 4.78 is 8.34. The second-order valence-corrected chi connectivity index (χ2v) is 0. The maximum atomic E-state index is 8.34. The van der Waals surface area contributed by atoms with E-state index in [1.54, 1.807) is 0 Å². The fourth-order valence-corrected chi connectivity index (χ4v) is 0. The van der Waals surface area contributed by atoms with Gasteiger partial charge in [-0.25, -0.2) is 0 Å². The van der Waals surface area contributed by atoms with E-state index < -0.39 is 0 Å². The van der Waals surface area contributed by atoms with Gasteiger partial charge in [0.2, 0.25) is 0 Å². The van der Waals surface area contributed by atoms with Crippen LogP contribution in [0.2, 0.25) is 0 Å². The van der Waals surface area contributed by atoms with Crippen LogP contribution in [0.1, 0.15) is 0 Å². The monoisotopic (exact) mass is 202 g/mol. The molecule has 0 saturated heterocycles. The van der Waals surface area contributed by atoms with Crippen molar-refractivity contribution in [3.8, 4) is 0 Å². The van der Waals surface area contributed by atoms with Crippen molar-refractivity contribution < 1.29 is 19.9 Å². The van der Waals surface area contributed by atoms with Gasteiger partial charge < -0.3 is 0 Å². The molecule has 1 nitrogen and oxygen atoms in total. The zero-order valence-electron chi connectivity index (χ0n) is 2.24. The van der Waals surface area contributed by atoms with Crippen LogP contribution in [0, 0.1) is 0 Å². The van der Waals surface area contributed by atoms with Gasteiger partial charge in [-0.15, -0.1) is 0 Å². The molecule has 0 rings (SSSR count). The predicted octanol–water partition coefficient (Wildman–Crippen LogP) is -0.883. The SMILES string of the molecule is [Co].[Li].[O]=[Sn]. The summed E-state index contributed by atoms with van der Waals surface area (Å²) in [6.45, 7) is 0. The second-order valence-electron chi connectivity index (χ2n) is 0. The van der Waals surface area contributed by atoms with Crippen molar-refractivity contribution in [3.05, 3.63) is 0 Å². The molecule has 20 valence electrons. The minimum absolute atomic E-state index is 0. The zero-order valence-corrected chi connectivity index (χ0v) is 6.14. The first-order valence-corrected chi connectivity index (χ1v) is 1.37. The number of hydrogen-bond donors (Lipinski definition) is 0. The van der Waals surface area contributed by atoms with Crippen LogP contribution in [0.25, 0.3) is 0 Å². The van der Waals surface area contributed by atoms with Gasteiger partial charge in [0.15, 0.2) is 0 Å². The summed E-state index contributed by atoms with van der Waals surface area (Å²) in [6.07, 6.45) is 0. The summed E-state index contributed by atoms with van der Waals surface area (Å²) in [5, 5.41) is 0. The van der Waals surface area contributed by atoms with Crippen molar-refractivity contribution in [1.29, 1.82) is 0 Å². The molecule has 0 unspecified atom stereocenters. The zero-order chi connectivity index (χ0) is 2.00. The van der Waals surface area contributed by atoms with Gasteiger partial charge >= 0.3 is 25.6 Å². The summed E-state index contributed by atoms with van der Waals surface area (Å²) >= 11 is 0.300. The fraction of sp³-hybridized carbons (Fsp3) is 0. The minimum atomic E-state index is 0. The van der Waals surface area contributed by atoms with Gasteiger partial charge in [0, 0.05) is 35.6 Å². The van der Waals surface area contributed by atoms with E-state index in [4.69, 9.17) is 3.08 Å². The Morgan fingerprint density at radius 2 is 1.25 bits per heavy atom. The molecule has 0 aliphatic rings. The van der Waals surface area contributed by atoms with Gasteiger partial charge in [0.05, 0.1) is 0 Å². The molecule has 0 spiro atoms. The molecule has 4 radical (unpaired) electrons. The summed E-state index contributed by atoms with van der Waals surface area (Å²) in [7, 11) is 0. The Kier molecular flexibility index (Phi) is 96.0. The van der Waals surface area contributed by atoms with Crippen LogP contribution in [-0.4, -0.2) is 41.4 Å². The van der Waals surface area contributed by atoms with E-state index in [1.165, 1.54) is 0 Å². The quantitative estimate of drug-likeness (QED) is 0.464. The van der Waals surface area contributed by atoms with Gasteiger partial charge in [-0.3, -0.25) is 0 Å². The van der Waals surface area contributed by atoms with Crippen molar-refractivity contribution in [3.63, 3.8) is 0 Å². The number of rotatable bonds is 0. The Bertz CT molecular complexity index is 8.00. The van der Waals surface area contributed by atoms with Crippen molar-refractivity contribution in [2.75, 3.05) is 0 Å². The Hall–Kier alpha value is 1.70. The molecule has 0 bridgehead atoms. The molecule has 0 aromatic rings. The first-order chi connectivity index (χ1) is 1.00. The number of hydrogen-bond acceptors (Lipinski definition) is 1. The first kappa shape index (κ1) is 17.3. The average molecular weight is 201 g/mol. The van der Waals surface area contributed by atoms with Crippen LogP contribution >= 0.6 is 0 Å². The maximum absolute atomic E-state index is 8.34. The molecule has 0 aliphatic heterocycles. The van der Waals surface area contributed by atoms with Crippen molar-refractivity contribution in [1.82, 2.24) is 0 Å². The molecule has 0 N–H and O–H groups in total. The van der Waals surface area contributed by atoms with E-state index in [0.29, 0.717) is 22.5 Å². The van der Waals surface area contributed by atoms with E-state index in [9.17, 15) is 0 Å². The third kappa shape index (κ3) is 9.33. The standard InChI is InChI=1S/Co.Li.O.Sn. The summed E-state index contributed by atoms with van der Waals surface area (Å²) in [4.78, 5) is 0. The Morgan fingerprint density at radius 1 is 1.25 bits per heavy atom. The Balaban J connectivity index is -0.00000000500. The second kappa shape index (κ2) is 22.2. The van der Waals surface area contributed by atoms with Gasteiger partial charge in [0.25, 0.3) is 0 Å². The summed E-state index contributed by atoms with van der Waals surface area (Å²) in [5.74, 6) is 0. The van der Waals surface area contributed by atoms with Crippen molar-refractivity contribution in [2.45, 2.75) is 0 Å². The molecule has 0 aromatic carbocycles. The van der Waals surface area contributed by atoms with E-state index in [-0.39, 0.29) is 35.6 Å².